The van der Waals surface area contributed by atoms with Gasteiger partial charge in [-0.25, -0.2) is 4.79 Å². The highest BCUT2D eigenvalue weighted by Crippen LogP contribution is 1.84. The van der Waals surface area contributed by atoms with E-state index in [-0.39, 0.29) is 12.1 Å². The van der Waals surface area contributed by atoms with E-state index in [2.05, 4.69) is 4.74 Å². The maximum Gasteiger partial charge on any atom is 0.409 e. The molecule has 0 aliphatic rings. The Balaban J connectivity index is 0. The first-order valence-electron chi connectivity index (χ1n) is 2.62. The molecule has 0 aliphatic heterocycles. The van der Waals surface area contributed by atoms with Crippen molar-refractivity contribution in [1.82, 2.24) is 4.90 Å². The molecule has 0 atom stereocenters. The normalized spacial score (nSPS) is 7.90. The van der Waals surface area contributed by atoms with Gasteiger partial charge in [0.15, 0.2) is 0 Å². The molecule has 0 bridgehead atoms. The lowest BCUT2D eigenvalue weighted by Crippen LogP contribution is -2.29. The summed E-state index contributed by atoms with van der Waals surface area (Å²) < 4.78 is 4.34. The first-order chi connectivity index (χ1) is 4.22. The number of aliphatic hydroxyl groups excluding tert-OH is 1. The average Bonchev–Trinajstić information content (AvgIpc) is 1.87. The van der Waals surface area contributed by atoms with Gasteiger partial charge in [-0.3, -0.25) is 0 Å². The van der Waals surface area contributed by atoms with Gasteiger partial charge in [0.1, 0.15) is 0 Å². The number of methoxy groups -OCH3 is 1. The molecule has 3 N–H and O–H groups in total. The molecule has 5 nitrogen and oxygen atoms in total. The number of rotatable bonds is 2. The summed E-state index contributed by atoms with van der Waals surface area (Å²) in [5.41, 5.74) is 0. The highest BCUT2D eigenvalue weighted by Gasteiger charge is 2.04. The Hall–Kier alpha value is -0.810. The molecular formula is C5H13NO4. The number of ether oxygens (including phenoxy) is 1. The lowest BCUT2D eigenvalue weighted by molar-refractivity contribution is 0.124. The van der Waals surface area contributed by atoms with E-state index in [0.29, 0.717) is 6.54 Å². The second-order valence-electron chi connectivity index (χ2n) is 1.62. The molecule has 0 aromatic carbocycles. The summed E-state index contributed by atoms with van der Waals surface area (Å²) in [6, 6.07) is 0. The van der Waals surface area contributed by atoms with Crippen LogP contribution in [0, 0.1) is 0 Å². The molecule has 0 aromatic heterocycles. The minimum atomic E-state index is -0.427. The van der Waals surface area contributed by atoms with E-state index in [1.165, 1.54) is 12.0 Å². The van der Waals surface area contributed by atoms with Crippen molar-refractivity contribution in [2.45, 2.75) is 0 Å². The summed E-state index contributed by atoms with van der Waals surface area (Å²) in [6.45, 7) is 0.276. The monoisotopic (exact) mass is 151 g/mol. The van der Waals surface area contributed by atoms with Crippen LogP contribution in [0.15, 0.2) is 0 Å². The van der Waals surface area contributed by atoms with Gasteiger partial charge in [0, 0.05) is 13.6 Å². The second-order valence-corrected chi connectivity index (χ2v) is 1.62. The molecule has 1 amide bonds. The van der Waals surface area contributed by atoms with Gasteiger partial charge in [-0.15, -0.1) is 0 Å². The van der Waals surface area contributed by atoms with E-state index < -0.39 is 6.09 Å². The van der Waals surface area contributed by atoms with Crippen molar-refractivity contribution >= 4 is 6.09 Å². The summed E-state index contributed by atoms with van der Waals surface area (Å²) in [5, 5.41) is 8.33. The van der Waals surface area contributed by atoms with Gasteiger partial charge >= 0.3 is 6.09 Å². The van der Waals surface area contributed by atoms with E-state index in [1.807, 2.05) is 0 Å². The van der Waals surface area contributed by atoms with Crippen LogP contribution in [0.4, 0.5) is 4.79 Å². The Morgan fingerprint density at radius 1 is 1.70 bits per heavy atom. The summed E-state index contributed by atoms with van der Waals surface area (Å²) in [6.07, 6.45) is -0.427. The zero-order chi connectivity index (χ0) is 7.28. The van der Waals surface area contributed by atoms with Crippen LogP contribution in [-0.4, -0.2) is 48.9 Å². The van der Waals surface area contributed by atoms with E-state index >= 15 is 0 Å². The van der Waals surface area contributed by atoms with Crippen molar-refractivity contribution in [2.24, 2.45) is 0 Å². The third kappa shape index (κ3) is 4.11. The molecule has 10 heavy (non-hydrogen) atoms. The fraction of sp³-hybridized carbons (Fsp3) is 0.800. The molecule has 0 aromatic rings. The van der Waals surface area contributed by atoms with E-state index in [0.717, 1.165) is 0 Å². The Labute approximate surface area is 59.5 Å². The van der Waals surface area contributed by atoms with Crippen molar-refractivity contribution in [3.8, 4) is 0 Å². The molecule has 0 fully saturated rings. The van der Waals surface area contributed by atoms with Gasteiger partial charge in [0.25, 0.3) is 0 Å². The number of carbonyl (C=O) groups excluding carboxylic acids is 1. The van der Waals surface area contributed by atoms with E-state index in [4.69, 9.17) is 5.11 Å². The van der Waals surface area contributed by atoms with Crippen LogP contribution in [0.25, 0.3) is 0 Å². The molecule has 0 spiro atoms. The zero-order valence-electron chi connectivity index (χ0n) is 6.13. The average molecular weight is 151 g/mol. The smallest absolute Gasteiger partial charge is 0.409 e. The van der Waals surface area contributed by atoms with Crippen LogP contribution in [0.1, 0.15) is 0 Å². The van der Waals surface area contributed by atoms with Gasteiger partial charge in [-0.1, -0.05) is 0 Å². The van der Waals surface area contributed by atoms with Gasteiger partial charge < -0.3 is 20.2 Å². The predicted molar refractivity (Wildman–Crippen MR) is 35.7 cm³/mol. The number of hydrogen-bond acceptors (Lipinski definition) is 3. The number of nitrogens with zero attached hydrogens (tertiary/aromatic N) is 1. The Morgan fingerprint density at radius 2 is 2.20 bits per heavy atom. The largest absolute Gasteiger partial charge is 0.453 e. The number of aliphatic hydroxyl groups is 1. The number of amides is 1. The van der Waals surface area contributed by atoms with Crippen LogP contribution in [0.2, 0.25) is 0 Å². The predicted octanol–water partition coefficient (Wildman–Crippen LogP) is -1.15. The summed E-state index contributed by atoms with van der Waals surface area (Å²) in [4.78, 5) is 11.8. The first-order valence-corrected chi connectivity index (χ1v) is 2.62. The maximum atomic E-state index is 10.5. The van der Waals surface area contributed by atoms with Crippen LogP contribution < -0.4 is 0 Å². The number of carbonyl (C=O) groups is 1. The van der Waals surface area contributed by atoms with Gasteiger partial charge in [0.05, 0.1) is 13.7 Å². The zero-order valence-corrected chi connectivity index (χ0v) is 6.13. The summed E-state index contributed by atoms with van der Waals surface area (Å²) >= 11 is 0. The highest BCUT2D eigenvalue weighted by atomic mass is 16.5. The molecule has 0 unspecified atom stereocenters. The van der Waals surface area contributed by atoms with Crippen molar-refractivity contribution in [1.29, 1.82) is 0 Å². The maximum absolute atomic E-state index is 10.5. The minimum absolute atomic E-state index is 0. The van der Waals surface area contributed by atoms with E-state index in [9.17, 15) is 4.79 Å². The van der Waals surface area contributed by atoms with E-state index in [1.54, 1.807) is 7.05 Å². The van der Waals surface area contributed by atoms with Gasteiger partial charge in [-0.2, -0.15) is 0 Å². The molecule has 0 heterocycles. The third-order valence-electron chi connectivity index (χ3n) is 0.922. The van der Waals surface area contributed by atoms with Crippen molar-refractivity contribution in [3.63, 3.8) is 0 Å². The summed E-state index contributed by atoms with van der Waals surface area (Å²) in [7, 11) is 2.86. The second kappa shape index (κ2) is 6.31. The molecule has 62 valence electrons. The molecular weight excluding hydrogens is 138 g/mol. The minimum Gasteiger partial charge on any atom is -0.453 e. The van der Waals surface area contributed by atoms with Crippen LogP contribution in [-0.2, 0) is 4.74 Å². The Bertz CT molecular complexity index is 95.6. The Morgan fingerprint density at radius 3 is 2.50 bits per heavy atom. The van der Waals surface area contributed by atoms with Crippen LogP contribution in [0.5, 0.6) is 0 Å². The lowest BCUT2D eigenvalue weighted by Gasteiger charge is -2.12. The molecule has 0 aliphatic carbocycles. The summed E-state index contributed by atoms with van der Waals surface area (Å²) in [5.74, 6) is 0. The van der Waals surface area contributed by atoms with Gasteiger partial charge in [0.2, 0.25) is 0 Å². The molecule has 5 heteroatoms. The fourth-order valence-electron chi connectivity index (χ4n) is 0.397. The topological polar surface area (TPSA) is 81.3 Å². The quantitative estimate of drug-likeness (QED) is 0.541. The Kier molecular flexibility index (Phi) is 7.53. The number of hydrogen-bond donors (Lipinski definition) is 1. The molecule has 0 saturated heterocycles. The van der Waals surface area contributed by atoms with Crippen molar-refractivity contribution < 1.29 is 20.1 Å². The molecule has 0 saturated carbocycles. The lowest BCUT2D eigenvalue weighted by atomic mass is 10.6. The van der Waals surface area contributed by atoms with Crippen molar-refractivity contribution in [2.75, 3.05) is 27.3 Å². The third-order valence-corrected chi connectivity index (χ3v) is 0.922. The van der Waals surface area contributed by atoms with Crippen LogP contribution >= 0.6 is 0 Å². The first kappa shape index (κ1) is 11.9. The highest BCUT2D eigenvalue weighted by molar-refractivity contribution is 5.66. The fourth-order valence-corrected chi connectivity index (χ4v) is 0.397. The SMILES string of the molecule is COC(=O)N(C)CCO.O. The van der Waals surface area contributed by atoms with Crippen molar-refractivity contribution in [3.05, 3.63) is 0 Å². The standard InChI is InChI=1S/C5H11NO3.H2O/c1-6(3-4-7)5(8)9-2;/h7H,3-4H2,1-2H3;1H2. The van der Waals surface area contributed by atoms with Gasteiger partial charge in [-0.05, 0) is 0 Å². The molecule has 0 rings (SSSR count). The van der Waals surface area contributed by atoms with Crippen LogP contribution in [0.3, 0.4) is 0 Å². The molecule has 0 radical (unpaired) electrons. The number of likely N-dealkylation sites (N-methyl/N-ethyl adjacent to an activating group) is 1.